The monoisotopic (exact) mass is 277 g/mol. The van der Waals surface area contributed by atoms with Crippen molar-refractivity contribution in [1.29, 1.82) is 0 Å². The van der Waals surface area contributed by atoms with E-state index in [0.717, 1.165) is 22.7 Å². The molecule has 1 saturated heterocycles. The molecule has 20 heavy (non-hydrogen) atoms. The fourth-order valence-electron chi connectivity index (χ4n) is 5.00. The van der Waals surface area contributed by atoms with Gasteiger partial charge in [-0.3, -0.25) is 0 Å². The topological polar surface area (TPSA) is 3.24 Å². The standard InChI is InChI=1S/C19H35N/c1-16(2)14-19(8-9-19)15-20-12-10-18(11-13-20)6-4-17(3)5-7-18/h16-17H,4-15H2,1-3H3. The summed E-state index contributed by atoms with van der Waals surface area (Å²) >= 11 is 0. The minimum absolute atomic E-state index is 0.736. The molecule has 0 aromatic carbocycles. The highest BCUT2D eigenvalue weighted by atomic mass is 15.1. The van der Waals surface area contributed by atoms with Crippen LogP contribution in [0.5, 0.6) is 0 Å². The number of rotatable bonds is 4. The largest absolute Gasteiger partial charge is 0.303 e. The van der Waals surface area contributed by atoms with Crippen molar-refractivity contribution >= 4 is 0 Å². The molecule has 1 heteroatoms. The van der Waals surface area contributed by atoms with E-state index in [4.69, 9.17) is 0 Å². The minimum Gasteiger partial charge on any atom is -0.303 e. The minimum atomic E-state index is 0.736. The van der Waals surface area contributed by atoms with Gasteiger partial charge >= 0.3 is 0 Å². The molecule has 0 amide bonds. The number of hydrogen-bond acceptors (Lipinski definition) is 1. The van der Waals surface area contributed by atoms with Crippen LogP contribution in [0.2, 0.25) is 0 Å². The second kappa shape index (κ2) is 5.63. The van der Waals surface area contributed by atoms with E-state index in [9.17, 15) is 0 Å². The fraction of sp³-hybridized carbons (Fsp3) is 1.00. The molecule has 0 aromatic heterocycles. The van der Waals surface area contributed by atoms with E-state index in [0.29, 0.717) is 0 Å². The molecule has 0 bridgehead atoms. The van der Waals surface area contributed by atoms with Crippen LogP contribution in [0.25, 0.3) is 0 Å². The molecule has 0 radical (unpaired) electrons. The van der Waals surface area contributed by atoms with Crippen molar-refractivity contribution in [2.24, 2.45) is 22.7 Å². The van der Waals surface area contributed by atoms with Gasteiger partial charge in [-0.2, -0.15) is 0 Å². The average Bonchev–Trinajstić information content (AvgIpc) is 3.15. The predicted molar refractivity (Wildman–Crippen MR) is 86.9 cm³/mol. The lowest BCUT2D eigenvalue weighted by atomic mass is 9.66. The molecule has 0 N–H and O–H groups in total. The molecule has 1 spiro atoms. The second-order valence-corrected chi connectivity index (χ2v) is 9.06. The molecule has 1 nitrogen and oxygen atoms in total. The van der Waals surface area contributed by atoms with Gasteiger partial charge in [-0.05, 0) is 80.7 Å². The highest BCUT2D eigenvalue weighted by Crippen LogP contribution is 2.52. The number of hydrogen-bond donors (Lipinski definition) is 0. The first kappa shape index (κ1) is 14.9. The highest BCUT2D eigenvalue weighted by molar-refractivity contribution is 4.98. The van der Waals surface area contributed by atoms with Crippen molar-refractivity contribution < 1.29 is 0 Å². The van der Waals surface area contributed by atoms with Crippen LogP contribution >= 0.6 is 0 Å². The van der Waals surface area contributed by atoms with Crippen molar-refractivity contribution in [3.05, 3.63) is 0 Å². The molecule has 2 saturated carbocycles. The lowest BCUT2D eigenvalue weighted by molar-refractivity contribution is 0.0440. The molecule has 3 rings (SSSR count). The Morgan fingerprint density at radius 2 is 1.55 bits per heavy atom. The molecule has 1 heterocycles. The summed E-state index contributed by atoms with van der Waals surface area (Å²) in [5, 5.41) is 0. The lowest BCUT2D eigenvalue weighted by Gasteiger charge is -2.46. The third-order valence-electron chi connectivity index (χ3n) is 6.61. The third kappa shape index (κ3) is 3.40. The smallest absolute Gasteiger partial charge is 0.00381 e. The van der Waals surface area contributed by atoms with Crippen molar-refractivity contribution in [3.63, 3.8) is 0 Å². The van der Waals surface area contributed by atoms with Gasteiger partial charge in [0, 0.05) is 6.54 Å². The van der Waals surface area contributed by atoms with Crippen LogP contribution in [-0.2, 0) is 0 Å². The van der Waals surface area contributed by atoms with Gasteiger partial charge in [0.1, 0.15) is 0 Å². The van der Waals surface area contributed by atoms with Gasteiger partial charge in [-0.1, -0.05) is 33.6 Å². The Morgan fingerprint density at radius 3 is 2.05 bits per heavy atom. The first-order valence-electron chi connectivity index (χ1n) is 9.23. The maximum Gasteiger partial charge on any atom is 0.00381 e. The van der Waals surface area contributed by atoms with Gasteiger partial charge in [0.15, 0.2) is 0 Å². The first-order valence-corrected chi connectivity index (χ1v) is 9.23. The molecule has 3 fully saturated rings. The van der Waals surface area contributed by atoms with Gasteiger partial charge < -0.3 is 4.90 Å². The van der Waals surface area contributed by atoms with Gasteiger partial charge in [-0.15, -0.1) is 0 Å². The molecule has 2 aliphatic carbocycles. The Hall–Kier alpha value is -0.0400. The van der Waals surface area contributed by atoms with E-state index in [1.807, 2.05) is 0 Å². The summed E-state index contributed by atoms with van der Waals surface area (Å²) < 4.78 is 0. The zero-order chi connectivity index (χ0) is 14.2. The molecule has 116 valence electrons. The highest BCUT2D eigenvalue weighted by Gasteiger charge is 2.45. The van der Waals surface area contributed by atoms with E-state index in [1.54, 1.807) is 0 Å². The molecule has 0 atom stereocenters. The third-order valence-corrected chi connectivity index (χ3v) is 6.61. The van der Waals surface area contributed by atoms with Crippen LogP contribution < -0.4 is 0 Å². The maximum atomic E-state index is 2.82. The summed E-state index contributed by atoms with van der Waals surface area (Å²) in [7, 11) is 0. The molecule has 3 aliphatic rings. The Kier molecular flexibility index (Phi) is 4.19. The summed E-state index contributed by atoms with van der Waals surface area (Å²) in [5.74, 6) is 1.88. The van der Waals surface area contributed by atoms with Gasteiger partial charge in [0.25, 0.3) is 0 Å². The lowest BCUT2D eigenvalue weighted by Crippen LogP contribution is -2.44. The molecule has 0 aromatic rings. The second-order valence-electron chi connectivity index (χ2n) is 9.06. The van der Waals surface area contributed by atoms with Gasteiger partial charge in [0.2, 0.25) is 0 Å². The zero-order valence-electron chi connectivity index (χ0n) is 14.1. The van der Waals surface area contributed by atoms with Crippen molar-refractivity contribution in [3.8, 4) is 0 Å². The summed E-state index contributed by atoms with van der Waals surface area (Å²) in [6, 6.07) is 0. The zero-order valence-corrected chi connectivity index (χ0v) is 14.1. The van der Waals surface area contributed by atoms with Crippen LogP contribution in [-0.4, -0.2) is 24.5 Å². The normalized spacial score (nSPS) is 30.0. The average molecular weight is 277 g/mol. The van der Waals surface area contributed by atoms with E-state index in [-0.39, 0.29) is 0 Å². The molecule has 0 unspecified atom stereocenters. The van der Waals surface area contributed by atoms with Crippen LogP contribution in [0.3, 0.4) is 0 Å². The molecule has 1 aliphatic heterocycles. The van der Waals surface area contributed by atoms with Crippen LogP contribution in [0.15, 0.2) is 0 Å². The Balaban J connectivity index is 1.47. The number of likely N-dealkylation sites (tertiary alicyclic amines) is 1. The maximum absolute atomic E-state index is 2.82. The van der Waals surface area contributed by atoms with Gasteiger partial charge in [0.05, 0.1) is 0 Å². The number of piperidine rings is 1. The van der Waals surface area contributed by atoms with Crippen molar-refractivity contribution in [1.82, 2.24) is 4.90 Å². The predicted octanol–water partition coefficient (Wildman–Crippen LogP) is 5.11. The van der Waals surface area contributed by atoms with E-state index in [1.165, 1.54) is 77.4 Å². The quantitative estimate of drug-likeness (QED) is 0.690. The Bertz CT molecular complexity index is 311. The Labute approximate surface area is 126 Å². The SMILES string of the molecule is CC(C)CC1(CN2CCC3(CCC(C)CC3)CC2)CC1. The van der Waals surface area contributed by atoms with Crippen molar-refractivity contribution in [2.75, 3.05) is 19.6 Å². The van der Waals surface area contributed by atoms with Crippen LogP contribution in [0.1, 0.15) is 78.6 Å². The summed E-state index contributed by atoms with van der Waals surface area (Å²) in [4.78, 5) is 2.82. The fourth-order valence-corrected chi connectivity index (χ4v) is 5.00. The molecular formula is C19H35N. The summed E-state index contributed by atoms with van der Waals surface area (Å²) in [5.41, 5.74) is 1.50. The van der Waals surface area contributed by atoms with E-state index >= 15 is 0 Å². The molecular weight excluding hydrogens is 242 g/mol. The van der Waals surface area contributed by atoms with Crippen molar-refractivity contribution in [2.45, 2.75) is 78.6 Å². The Morgan fingerprint density at radius 1 is 0.950 bits per heavy atom. The first-order chi connectivity index (χ1) is 9.51. The van der Waals surface area contributed by atoms with Gasteiger partial charge in [-0.25, -0.2) is 0 Å². The van der Waals surface area contributed by atoms with E-state index < -0.39 is 0 Å². The number of nitrogens with zero attached hydrogens (tertiary/aromatic N) is 1. The van der Waals surface area contributed by atoms with Crippen LogP contribution in [0, 0.1) is 22.7 Å². The van der Waals surface area contributed by atoms with E-state index in [2.05, 4.69) is 25.7 Å². The summed E-state index contributed by atoms with van der Waals surface area (Å²) in [6.45, 7) is 11.5. The summed E-state index contributed by atoms with van der Waals surface area (Å²) in [6.07, 6.45) is 13.5. The van der Waals surface area contributed by atoms with Crippen LogP contribution in [0.4, 0.5) is 0 Å².